The van der Waals surface area contributed by atoms with Crippen LogP contribution in [0.1, 0.15) is 0 Å². The van der Waals surface area contributed by atoms with Crippen LogP contribution >= 0.6 is 0 Å². The van der Waals surface area contributed by atoms with E-state index >= 15 is 0 Å². The Morgan fingerprint density at radius 3 is 3.07 bits per heavy atom. The summed E-state index contributed by atoms with van der Waals surface area (Å²) in [5, 5.41) is 5.35. The van der Waals surface area contributed by atoms with E-state index in [-0.39, 0.29) is 18.4 Å². The zero-order valence-corrected chi connectivity index (χ0v) is 8.08. The van der Waals surface area contributed by atoms with E-state index in [1.807, 2.05) is 4.90 Å². The summed E-state index contributed by atoms with van der Waals surface area (Å²) in [4.78, 5) is 24.0. The second-order valence-corrected chi connectivity index (χ2v) is 3.20. The number of nitrogens with one attached hydrogen (secondary N) is 2. The van der Waals surface area contributed by atoms with Crippen molar-refractivity contribution in [3.8, 4) is 0 Å². The summed E-state index contributed by atoms with van der Waals surface area (Å²) in [6.07, 6.45) is 0. The molecule has 0 aromatic carbocycles. The number of rotatable bonds is 4. The van der Waals surface area contributed by atoms with E-state index in [0.29, 0.717) is 26.2 Å². The van der Waals surface area contributed by atoms with Gasteiger partial charge in [-0.05, 0) is 0 Å². The highest BCUT2D eigenvalue weighted by Crippen LogP contribution is 1.91. The molecular weight excluding hydrogens is 184 g/mol. The van der Waals surface area contributed by atoms with Crippen LogP contribution in [-0.4, -0.2) is 56.0 Å². The van der Waals surface area contributed by atoms with Gasteiger partial charge in [0.25, 0.3) is 0 Å². The first kappa shape index (κ1) is 10.9. The number of piperazine rings is 1. The molecule has 6 heteroatoms. The molecule has 0 aromatic heterocycles. The lowest BCUT2D eigenvalue weighted by Crippen LogP contribution is -2.50. The summed E-state index contributed by atoms with van der Waals surface area (Å²) in [6, 6.07) is 0. The topological polar surface area (TPSA) is 87.5 Å². The molecule has 4 N–H and O–H groups in total. The molecule has 0 spiro atoms. The number of hydrogen-bond donors (Lipinski definition) is 3. The van der Waals surface area contributed by atoms with E-state index < -0.39 is 0 Å². The van der Waals surface area contributed by atoms with Gasteiger partial charge >= 0.3 is 0 Å². The largest absolute Gasteiger partial charge is 0.354 e. The molecule has 1 saturated heterocycles. The first-order valence-corrected chi connectivity index (χ1v) is 4.68. The van der Waals surface area contributed by atoms with Gasteiger partial charge in [0.2, 0.25) is 11.8 Å². The zero-order valence-electron chi connectivity index (χ0n) is 8.08. The summed E-state index contributed by atoms with van der Waals surface area (Å²) < 4.78 is 0. The fraction of sp³-hybridized carbons (Fsp3) is 0.750. The van der Waals surface area contributed by atoms with Crippen molar-refractivity contribution in [1.29, 1.82) is 0 Å². The molecule has 0 atom stereocenters. The van der Waals surface area contributed by atoms with Gasteiger partial charge < -0.3 is 16.4 Å². The van der Waals surface area contributed by atoms with Gasteiger partial charge in [-0.1, -0.05) is 0 Å². The lowest BCUT2D eigenvalue weighted by Gasteiger charge is -2.25. The molecule has 0 aliphatic carbocycles. The second-order valence-electron chi connectivity index (χ2n) is 3.20. The lowest BCUT2D eigenvalue weighted by molar-refractivity contribution is -0.126. The third kappa shape index (κ3) is 3.71. The zero-order chi connectivity index (χ0) is 10.4. The molecule has 6 nitrogen and oxygen atoms in total. The maximum Gasteiger partial charge on any atom is 0.234 e. The molecule has 0 radical (unpaired) electrons. The number of hydrogen-bond acceptors (Lipinski definition) is 4. The minimum atomic E-state index is -0.0786. The van der Waals surface area contributed by atoms with Gasteiger partial charge in [0.1, 0.15) is 0 Å². The number of nitrogens with two attached hydrogens (primary N) is 1. The smallest absolute Gasteiger partial charge is 0.234 e. The lowest BCUT2D eigenvalue weighted by atomic mass is 10.3. The van der Waals surface area contributed by atoms with Crippen LogP contribution in [0.15, 0.2) is 0 Å². The van der Waals surface area contributed by atoms with E-state index in [1.165, 1.54) is 0 Å². The quantitative estimate of drug-likeness (QED) is 0.468. The molecule has 0 bridgehead atoms. The minimum Gasteiger partial charge on any atom is -0.354 e. The Morgan fingerprint density at radius 2 is 2.43 bits per heavy atom. The molecule has 1 rings (SSSR count). The maximum atomic E-state index is 11.2. The first-order valence-electron chi connectivity index (χ1n) is 4.68. The van der Waals surface area contributed by atoms with Crippen molar-refractivity contribution in [3.63, 3.8) is 0 Å². The van der Waals surface area contributed by atoms with Crippen molar-refractivity contribution in [1.82, 2.24) is 15.5 Å². The van der Waals surface area contributed by atoms with Crippen LogP contribution < -0.4 is 16.4 Å². The van der Waals surface area contributed by atoms with Crippen LogP contribution in [0.3, 0.4) is 0 Å². The molecule has 1 aliphatic heterocycles. The Bertz CT molecular complexity index is 219. The average Bonchev–Trinajstić information content (AvgIpc) is 2.15. The van der Waals surface area contributed by atoms with Gasteiger partial charge in [0.15, 0.2) is 0 Å². The van der Waals surface area contributed by atoms with Gasteiger partial charge in [-0.2, -0.15) is 0 Å². The Kier molecular flexibility index (Phi) is 4.34. The fourth-order valence-electron chi connectivity index (χ4n) is 1.30. The van der Waals surface area contributed by atoms with Crippen LogP contribution in [0.4, 0.5) is 0 Å². The molecule has 0 unspecified atom stereocenters. The van der Waals surface area contributed by atoms with Gasteiger partial charge in [-0.25, -0.2) is 0 Å². The highest BCUT2D eigenvalue weighted by Gasteiger charge is 2.17. The third-order valence-electron chi connectivity index (χ3n) is 1.95. The van der Waals surface area contributed by atoms with Crippen LogP contribution in [0, 0.1) is 0 Å². The molecule has 2 amide bonds. The van der Waals surface area contributed by atoms with E-state index in [0.717, 1.165) is 6.54 Å². The molecule has 1 aliphatic rings. The molecular formula is C8H16N4O2. The normalized spacial score (nSPS) is 17.6. The SMILES string of the molecule is NCCNC(=O)CN1CCNC(=O)C1. The summed E-state index contributed by atoms with van der Waals surface area (Å²) in [5.41, 5.74) is 5.24. The maximum absolute atomic E-state index is 11.2. The summed E-state index contributed by atoms with van der Waals surface area (Å²) in [6.45, 7) is 2.83. The molecule has 1 heterocycles. The molecule has 80 valence electrons. The Morgan fingerprint density at radius 1 is 1.64 bits per heavy atom. The standard InChI is InChI=1S/C8H16N4O2/c9-1-2-10-7(13)5-12-4-3-11-8(14)6-12/h1-6,9H2,(H,10,13)(H,11,14). The van der Waals surface area contributed by atoms with Gasteiger partial charge in [0.05, 0.1) is 13.1 Å². The van der Waals surface area contributed by atoms with Crippen LogP contribution in [0.5, 0.6) is 0 Å². The van der Waals surface area contributed by atoms with E-state index in [4.69, 9.17) is 5.73 Å². The third-order valence-corrected chi connectivity index (χ3v) is 1.95. The molecule has 1 fully saturated rings. The van der Waals surface area contributed by atoms with Gasteiger partial charge in [-0.3, -0.25) is 14.5 Å². The molecule has 14 heavy (non-hydrogen) atoms. The fourth-order valence-corrected chi connectivity index (χ4v) is 1.30. The van der Waals surface area contributed by atoms with E-state index in [9.17, 15) is 9.59 Å². The van der Waals surface area contributed by atoms with E-state index in [2.05, 4.69) is 10.6 Å². The van der Waals surface area contributed by atoms with Crippen molar-refractivity contribution in [3.05, 3.63) is 0 Å². The average molecular weight is 200 g/mol. The van der Waals surface area contributed by atoms with Crippen molar-refractivity contribution >= 4 is 11.8 Å². The van der Waals surface area contributed by atoms with Crippen LogP contribution in [0.2, 0.25) is 0 Å². The van der Waals surface area contributed by atoms with Crippen molar-refractivity contribution in [2.45, 2.75) is 0 Å². The van der Waals surface area contributed by atoms with Crippen molar-refractivity contribution in [2.75, 3.05) is 39.3 Å². The number of carbonyl (C=O) groups excluding carboxylic acids is 2. The number of carbonyl (C=O) groups is 2. The van der Waals surface area contributed by atoms with Crippen molar-refractivity contribution in [2.24, 2.45) is 5.73 Å². The monoisotopic (exact) mass is 200 g/mol. The Balaban J connectivity index is 2.22. The van der Waals surface area contributed by atoms with Crippen molar-refractivity contribution < 1.29 is 9.59 Å². The summed E-state index contributed by atoms with van der Waals surface area (Å²) in [7, 11) is 0. The number of nitrogens with zero attached hydrogens (tertiary/aromatic N) is 1. The minimum absolute atomic E-state index is 0.0251. The van der Waals surface area contributed by atoms with Gasteiger partial charge in [-0.15, -0.1) is 0 Å². The Hall–Kier alpha value is -1.14. The van der Waals surface area contributed by atoms with Gasteiger partial charge in [0, 0.05) is 26.2 Å². The predicted octanol–water partition coefficient (Wildman–Crippen LogP) is -2.51. The highest BCUT2D eigenvalue weighted by molar-refractivity contribution is 5.81. The number of amides is 2. The van der Waals surface area contributed by atoms with Crippen LogP contribution in [-0.2, 0) is 9.59 Å². The second kappa shape index (κ2) is 5.56. The van der Waals surface area contributed by atoms with E-state index in [1.54, 1.807) is 0 Å². The highest BCUT2D eigenvalue weighted by atomic mass is 16.2. The summed E-state index contributed by atoms with van der Waals surface area (Å²) >= 11 is 0. The summed E-state index contributed by atoms with van der Waals surface area (Å²) in [5.74, 6) is -0.104. The van der Waals surface area contributed by atoms with Crippen LogP contribution in [0.25, 0.3) is 0 Å². The predicted molar refractivity (Wildman–Crippen MR) is 51.5 cm³/mol. The first-order chi connectivity index (χ1) is 6.72. The molecule has 0 aromatic rings. The molecule has 0 saturated carbocycles. The Labute approximate surface area is 82.8 Å².